The summed E-state index contributed by atoms with van der Waals surface area (Å²) < 4.78 is 5.28. The van der Waals surface area contributed by atoms with Crippen LogP contribution in [0.25, 0.3) is 0 Å². The van der Waals surface area contributed by atoms with Gasteiger partial charge in [-0.25, -0.2) is 0 Å². The summed E-state index contributed by atoms with van der Waals surface area (Å²) in [6.07, 6.45) is 5.01. The first-order chi connectivity index (χ1) is 11.6. The van der Waals surface area contributed by atoms with E-state index in [-0.39, 0.29) is 11.8 Å². The van der Waals surface area contributed by atoms with Gasteiger partial charge in [0, 0.05) is 48.7 Å². The second-order valence-corrected chi connectivity index (χ2v) is 6.07. The topological polar surface area (TPSA) is 75.5 Å². The lowest BCUT2D eigenvalue weighted by Gasteiger charge is -2.18. The SMILES string of the molecule is COc1cccc(C(=O)N2C[C@@H](Cc3cnccn3)[C@H](O)C2)c1C. The third-order valence-electron chi connectivity index (χ3n) is 4.52. The number of ether oxygens (including phenoxy) is 1. The average molecular weight is 327 g/mol. The Labute approximate surface area is 141 Å². The number of amides is 1. The lowest BCUT2D eigenvalue weighted by Crippen LogP contribution is -2.30. The zero-order valence-electron chi connectivity index (χ0n) is 13.8. The highest BCUT2D eigenvalue weighted by atomic mass is 16.5. The van der Waals surface area contributed by atoms with Gasteiger partial charge in [0.2, 0.25) is 0 Å². The van der Waals surface area contributed by atoms with Gasteiger partial charge in [0.15, 0.2) is 0 Å². The first-order valence-electron chi connectivity index (χ1n) is 7.96. The fourth-order valence-corrected chi connectivity index (χ4v) is 3.16. The van der Waals surface area contributed by atoms with E-state index in [0.29, 0.717) is 30.8 Å². The van der Waals surface area contributed by atoms with Crippen molar-refractivity contribution in [1.29, 1.82) is 0 Å². The van der Waals surface area contributed by atoms with Crippen LogP contribution in [0, 0.1) is 12.8 Å². The lowest BCUT2D eigenvalue weighted by atomic mass is 10.0. The molecule has 1 amide bonds. The smallest absolute Gasteiger partial charge is 0.254 e. The van der Waals surface area contributed by atoms with Gasteiger partial charge in [0.25, 0.3) is 5.91 Å². The van der Waals surface area contributed by atoms with E-state index in [1.807, 2.05) is 19.1 Å². The molecule has 0 aliphatic carbocycles. The van der Waals surface area contributed by atoms with Crippen LogP contribution in [0.1, 0.15) is 21.6 Å². The standard InChI is InChI=1S/C18H21N3O3/c1-12-15(4-3-5-17(12)24-2)18(23)21-10-13(16(22)11-21)8-14-9-19-6-7-20-14/h3-7,9,13,16,22H,8,10-11H2,1-2H3/t13-,16-/m1/s1. The highest BCUT2D eigenvalue weighted by Crippen LogP contribution is 2.26. The molecule has 1 N–H and O–H groups in total. The van der Waals surface area contributed by atoms with Gasteiger partial charge in [-0.1, -0.05) is 6.07 Å². The lowest BCUT2D eigenvalue weighted by molar-refractivity contribution is 0.0763. The predicted molar refractivity (Wildman–Crippen MR) is 88.9 cm³/mol. The Morgan fingerprint density at radius 3 is 2.92 bits per heavy atom. The van der Waals surface area contributed by atoms with Gasteiger partial charge in [-0.05, 0) is 25.5 Å². The first-order valence-corrected chi connectivity index (χ1v) is 7.96. The van der Waals surface area contributed by atoms with Crippen LogP contribution in [0.4, 0.5) is 0 Å². The van der Waals surface area contributed by atoms with E-state index < -0.39 is 6.10 Å². The highest BCUT2D eigenvalue weighted by Gasteiger charge is 2.35. The van der Waals surface area contributed by atoms with Gasteiger partial charge in [0.1, 0.15) is 5.75 Å². The van der Waals surface area contributed by atoms with Gasteiger partial charge >= 0.3 is 0 Å². The number of benzene rings is 1. The van der Waals surface area contributed by atoms with E-state index in [1.54, 1.807) is 36.7 Å². The van der Waals surface area contributed by atoms with Crippen LogP contribution >= 0.6 is 0 Å². The summed E-state index contributed by atoms with van der Waals surface area (Å²) in [5.41, 5.74) is 2.26. The molecule has 0 bridgehead atoms. The molecule has 2 aromatic rings. The summed E-state index contributed by atoms with van der Waals surface area (Å²) >= 11 is 0. The summed E-state index contributed by atoms with van der Waals surface area (Å²) in [5, 5.41) is 10.3. The number of methoxy groups -OCH3 is 1. The van der Waals surface area contributed by atoms with E-state index in [4.69, 9.17) is 4.74 Å². The van der Waals surface area contributed by atoms with Crippen LogP contribution in [-0.4, -0.2) is 52.2 Å². The molecule has 0 spiro atoms. The maximum absolute atomic E-state index is 12.8. The van der Waals surface area contributed by atoms with Crippen LogP contribution in [0.15, 0.2) is 36.8 Å². The van der Waals surface area contributed by atoms with E-state index >= 15 is 0 Å². The summed E-state index contributed by atoms with van der Waals surface area (Å²) in [5.74, 6) is 0.584. The molecule has 2 atom stereocenters. The van der Waals surface area contributed by atoms with Crippen LogP contribution in [-0.2, 0) is 6.42 Å². The molecule has 0 radical (unpaired) electrons. The number of nitrogens with zero attached hydrogens (tertiary/aromatic N) is 3. The van der Waals surface area contributed by atoms with Gasteiger partial charge in [-0.2, -0.15) is 0 Å². The number of aliphatic hydroxyl groups is 1. The highest BCUT2D eigenvalue weighted by molar-refractivity contribution is 5.96. The Kier molecular flexibility index (Phi) is 4.76. The minimum absolute atomic E-state index is 0.0310. The second-order valence-electron chi connectivity index (χ2n) is 6.07. The van der Waals surface area contributed by atoms with Gasteiger partial charge in [-0.3, -0.25) is 14.8 Å². The van der Waals surface area contributed by atoms with Crippen LogP contribution in [0.3, 0.4) is 0 Å². The fraction of sp³-hybridized carbons (Fsp3) is 0.389. The summed E-state index contributed by atoms with van der Waals surface area (Å²) in [4.78, 5) is 22.8. The third kappa shape index (κ3) is 3.23. The minimum Gasteiger partial charge on any atom is -0.496 e. The van der Waals surface area contributed by atoms with Crippen molar-refractivity contribution in [2.75, 3.05) is 20.2 Å². The molecule has 24 heavy (non-hydrogen) atoms. The molecular formula is C18H21N3O3. The Balaban J connectivity index is 1.73. The molecule has 2 heterocycles. The van der Waals surface area contributed by atoms with E-state index in [9.17, 15) is 9.90 Å². The Morgan fingerprint density at radius 2 is 2.21 bits per heavy atom. The van der Waals surface area contributed by atoms with Crippen LogP contribution in [0.5, 0.6) is 5.75 Å². The van der Waals surface area contributed by atoms with E-state index in [2.05, 4.69) is 9.97 Å². The van der Waals surface area contributed by atoms with Crippen molar-refractivity contribution in [2.45, 2.75) is 19.4 Å². The number of hydrogen-bond donors (Lipinski definition) is 1. The van der Waals surface area contributed by atoms with Crippen LogP contribution < -0.4 is 4.74 Å². The van der Waals surface area contributed by atoms with Crippen molar-refractivity contribution < 1.29 is 14.6 Å². The zero-order valence-corrected chi connectivity index (χ0v) is 13.8. The molecule has 1 aromatic heterocycles. The van der Waals surface area contributed by atoms with Crippen molar-refractivity contribution in [3.05, 3.63) is 53.6 Å². The fourth-order valence-electron chi connectivity index (χ4n) is 3.16. The van der Waals surface area contributed by atoms with Gasteiger partial charge < -0.3 is 14.7 Å². The molecule has 3 rings (SSSR count). The van der Waals surface area contributed by atoms with Crippen molar-refractivity contribution in [3.8, 4) is 5.75 Å². The Hall–Kier alpha value is -2.47. The third-order valence-corrected chi connectivity index (χ3v) is 4.52. The average Bonchev–Trinajstić information content (AvgIpc) is 2.96. The van der Waals surface area contributed by atoms with E-state index in [0.717, 1.165) is 11.3 Å². The number of aliphatic hydroxyl groups excluding tert-OH is 1. The molecular weight excluding hydrogens is 306 g/mol. The Bertz CT molecular complexity index is 721. The molecule has 1 aromatic carbocycles. The maximum atomic E-state index is 12.8. The number of likely N-dealkylation sites (tertiary alicyclic amines) is 1. The summed E-state index contributed by atoms with van der Waals surface area (Å²) in [6.45, 7) is 2.71. The number of rotatable bonds is 4. The van der Waals surface area contributed by atoms with Crippen molar-refractivity contribution in [3.63, 3.8) is 0 Å². The van der Waals surface area contributed by atoms with Crippen molar-refractivity contribution in [2.24, 2.45) is 5.92 Å². The molecule has 6 heteroatoms. The van der Waals surface area contributed by atoms with Crippen molar-refractivity contribution in [1.82, 2.24) is 14.9 Å². The number of aromatic nitrogens is 2. The molecule has 126 valence electrons. The zero-order chi connectivity index (χ0) is 17.1. The van der Waals surface area contributed by atoms with E-state index in [1.165, 1.54) is 0 Å². The van der Waals surface area contributed by atoms with Gasteiger partial charge in [0.05, 0.1) is 18.9 Å². The quantitative estimate of drug-likeness (QED) is 0.920. The first kappa shape index (κ1) is 16.4. The second kappa shape index (κ2) is 6.97. The number of carbonyl (C=O) groups excluding carboxylic acids is 1. The largest absolute Gasteiger partial charge is 0.496 e. The molecule has 0 unspecified atom stereocenters. The molecule has 1 fully saturated rings. The summed E-state index contributed by atoms with van der Waals surface area (Å²) in [6, 6.07) is 5.44. The number of hydrogen-bond acceptors (Lipinski definition) is 5. The molecule has 0 saturated carbocycles. The van der Waals surface area contributed by atoms with Crippen LogP contribution in [0.2, 0.25) is 0 Å². The number of β-amino-alcohol motifs (C(OH)–C–C–N with tert-alkyl or cyclic N) is 1. The molecule has 1 aliphatic heterocycles. The molecule has 1 saturated heterocycles. The van der Waals surface area contributed by atoms with Crippen molar-refractivity contribution >= 4 is 5.91 Å². The molecule has 6 nitrogen and oxygen atoms in total. The minimum atomic E-state index is -0.554. The normalized spacial score (nSPS) is 20.2. The summed E-state index contributed by atoms with van der Waals surface area (Å²) in [7, 11) is 1.59. The maximum Gasteiger partial charge on any atom is 0.254 e. The molecule has 1 aliphatic rings. The Morgan fingerprint density at radius 1 is 1.38 bits per heavy atom. The predicted octanol–water partition coefficient (Wildman–Crippen LogP) is 1.47. The van der Waals surface area contributed by atoms with Gasteiger partial charge in [-0.15, -0.1) is 0 Å². The monoisotopic (exact) mass is 327 g/mol. The number of carbonyl (C=O) groups is 1.